The highest BCUT2D eigenvalue weighted by Gasteiger charge is 2.34. The summed E-state index contributed by atoms with van der Waals surface area (Å²) in [5, 5.41) is 7.42. The number of anilines is 3. The fourth-order valence-electron chi connectivity index (χ4n) is 5.95. The summed E-state index contributed by atoms with van der Waals surface area (Å²) < 4.78 is 5.70. The van der Waals surface area contributed by atoms with Crippen molar-refractivity contribution in [2.75, 3.05) is 61.1 Å². The number of rotatable bonds is 6. The lowest BCUT2D eigenvalue weighted by Crippen LogP contribution is -2.45. The summed E-state index contributed by atoms with van der Waals surface area (Å²) in [4.78, 5) is 14.7. The van der Waals surface area contributed by atoms with Crippen LogP contribution in [-0.2, 0) is 10.2 Å². The number of nitrogens with one attached hydrogen (secondary N) is 2. The number of hydrogen-bond donors (Lipinski definition) is 2. The first kappa shape index (κ1) is 26.2. The first-order chi connectivity index (χ1) is 18.0. The van der Waals surface area contributed by atoms with Crippen molar-refractivity contribution in [1.82, 2.24) is 15.3 Å². The van der Waals surface area contributed by atoms with E-state index < -0.39 is 0 Å². The van der Waals surface area contributed by atoms with Crippen molar-refractivity contribution in [3.63, 3.8) is 0 Å². The van der Waals surface area contributed by atoms with Crippen LogP contribution in [0.4, 0.5) is 17.6 Å². The van der Waals surface area contributed by atoms with Crippen LogP contribution >= 0.6 is 12.2 Å². The van der Waals surface area contributed by atoms with Gasteiger partial charge in [-0.25, -0.2) is 0 Å². The van der Waals surface area contributed by atoms with Crippen LogP contribution in [0.15, 0.2) is 36.4 Å². The number of piperidine rings is 2. The number of hydrogen-bond acceptors (Lipinski definition) is 6. The quantitative estimate of drug-likeness (QED) is 0.515. The number of thiocarbonyl (C=S) groups is 1. The molecule has 1 aromatic heterocycles. The molecule has 0 spiro atoms. The molecule has 8 heteroatoms. The summed E-state index contributed by atoms with van der Waals surface area (Å²) in [6.07, 6.45) is 6.84. The zero-order chi connectivity index (χ0) is 25.7. The van der Waals surface area contributed by atoms with Gasteiger partial charge in [0, 0.05) is 57.4 Å². The molecule has 3 aliphatic rings. The molecule has 3 aliphatic heterocycles. The van der Waals surface area contributed by atoms with Gasteiger partial charge in [-0.1, -0.05) is 44.2 Å². The van der Waals surface area contributed by atoms with Gasteiger partial charge in [-0.2, -0.15) is 9.97 Å². The minimum absolute atomic E-state index is 0.00749. The van der Waals surface area contributed by atoms with E-state index in [1.54, 1.807) is 0 Å². The van der Waals surface area contributed by atoms with Crippen molar-refractivity contribution in [2.24, 2.45) is 11.8 Å². The average molecular weight is 523 g/mol. The van der Waals surface area contributed by atoms with Crippen molar-refractivity contribution in [3.05, 3.63) is 42.0 Å². The molecule has 37 heavy (non-hydrogen) atoms. The molecule has 5 rings (SSSR count). The first-order valence-electron chi connectivity index (χ1n) is 14.1. The molecule has 0 aliphatic carbocycles. The normalized spacial score (nSPS) is 22.5. The van der Waals surface area contributed by atoms with Crippen molar-refractivity contribution >= 4 is 34.9 Å². The van der Waals surface area contributed by atoms with Gasteiger partial charge >= 0.3 is 0 Å². The van der Waals surface area contributed by atoms with Crippen molar-refractivity contribution < 1.29 is 4.74 Å². The van der Waals surface area contributed by atoms with E-state index in [1.165, 1.54) is 31.2 Å². The molecule has 200 valence electrons. The standard InChI is InChI=1S/C29H42N6OS/c1-22-10-15-34(16-11-22)25-19-26(35-14-6-7-23(2)20-35)32-27(31-25)33-28(37)30-21-29(12-17-36-18-13-29)24-8-4-3-5-9-24/h3-5,8-9,19,22-23H,6-7,10-18,20-21H2,1-2H3,(H2,30,31,32,33,37). The van der Waals surface area contributed by atoms with Crippen LogP contribution in [0.1, 0.15) is 57.9 Å². The van der Waals surface area contributed by atoms with Crippen LogP contribution in [0, 0.1) is 11.8 Å². The van der Waals surface area contributed by atoms with Crippen LogP contribution < -0.4 is 20.4 Å². The van der Waals surface area contributed by atoms with E-state index in [-0.39, 0.29) is 5.41 Å². The Morgan fingerprint density at radius 2 is 1.68 bits per heavy atom. The van der Waals surface area contributed by atoms with Crippen LogP contribution in [-0.4, -0.2) is 61.0 Å². The van der Waals surface area contributed by atoms with E-state index in [0.717, 1.165) is 76.3 Å². The highest BCUT2D eigenvalue weighted by molar-refractivity contribution is 7.80. The maximum Gasteiger partial charge on any atom is 0.232 e. The third-order valence-corrected chi connectivity index (χ3v) is 8.68. The smallest absolute Gasteiger partial charge is 0.232 e. The molecule has 4 heterocycles. The number of aromatic nitrogens is 2. The second-order valence-electron chi connectivity index (χ2n) is 11.3. The van der Waals surface area contributed by atoms with Crippen molar-refractivity contribution in [2.45, 2.75) is 57.8 Å². The lowest BCUT2D eigenvalue weighted by Gasteiger charge is -2.38. The highest BCUT2D eigenvalue weighted by atomic mass is 32.1. The molecular formula is C29H42N6OS. The van der Waals surface area contributed by atoms with Crippen LogP contribution in [0.5, 0.6) is 0 Å². The SMILES string of the molecule is CC1CCN(c2cc(N3CCCC(C)C3)nc(NC(=S)NCC3(c4ccccc4)CCOCC3)n2)CC1. The minimum Gasteiger partial charge on any atom is -0.381 e. The highest BCUT2D eigenvalue weighted by Crippen LogP contribution is 2.34. The fraction of sp³-hybridized carbons (Fsp3) is 0.621. The van der Waals surface area contributed by atoms with E-state index in [2.05, 4.69) is 70.7 Å². The van der Waals surface area contributed by atoms with Gasteiger partial charge in [0.15, 0.2) is 5.11 Å². The molecular weight excluding hydrogens is 480 g/mol. The molecule has 0 radical (unpaired) electrons. The molecule has 1 aromatic carbocycles. The summed E-state index contributed by atoms with van der Waals surface area (Å²) >= 11 is 5.78. The van der Waals surface area contributed by atoms with Crippen LogP contribution in [0.25, 0.3) is 0 Å². The molecule has 3 saturated heterocycles. The predicted octanol–water partition coefficient (Wildman–Crippen LogP) is 4.98. The molecule has 0 amide bonds. The van der Waals surface area contributed by atoms with Gasteiger partial charge < -0.3 is 25.2 Å². The van der Waals surface area contributed by atoms with E-state index in [4.69, 9.17) is 26.9 Å². The van der Waals surface area contributed by atoms with Gasteiger partial charge in [-0.05, 0) is 68.1 Å². The summed E-state index contributed by atoms with van der Waals surface area (Å²) in [6.45, 7) is 11.1. The van der Waals surface area contributed by atoms with Crippen molar-refractivity contribution in [3.8, 4) is 0 Å². The molecule has 0 saturated carbocycles. The topological polar surface area (TPSA) is 65.5 Å². The third-order valence-electron chi connectivity index (χ3n) is 8.44. The second-order valence-corrected chi connectivity index (χ2v) is 11.7. The zero-order valence-corrected chi connectivity index (χ0v) is 23.2. The molecule has 0 bridgehead atoms. The minimum atomic E-state index is 0.00749. The molecule has 2 aromatic rings. The second kappa shape index (κ2) is 11.9. The van der Waals surface area contributed by atoms with E-state index in [1.807, 2.05) is 0 Å². The van der Waals surface area contributed by atoms with Gasteiger partial charge in [0.1, 0.15) is 11.6 Å². The Labute approximate surface area is 227 Å². The molecule has 2 N–H and O–H groups in total. The largest absolute Gasteiger partial charge is 0.381 e. The van der Waals surface area contributed by atoms with E-state index in [0.29, 0.717) is 17.0 Å². The maximum absolute atomic E-state index is 5.78. The number of nitrogens with zero attached hydrogens (tertiary/aromatic N) is 4. The Balaban J connectivity index is 1.32. The van der Waals surface area contributed by atoms with Gasteiger partial charge in [-0.15, -0.1) is 0 Å². The molecule has 1 atom stereocenters. The lowest BCUT2D eigenvalue weighted by molar-refractivity contribution is 0.0515. The van der Waals surface area contributed by atoms with E-state index in [9.17, 15) is 0 Å². The van der Waals surface area contributed by atoms with Crippen LogP contribution in [0.3, 0.4) is 0 Å². The Kier molecular flexibility index (Phi) is 8.45. The Hall–Kier alpha value is -2.45. The lowest BCUT2D eigenvalue weighted by atomic mass is 9.74. The Morgan fingerprint density at radius 1 is 0.973 bits per heavy atom. The maximum atomic E-state index is 5.78. The molecule has 1 unspecified atom stereocenters. The Bertz CT molecular complexity index is 1040. The number of benzene rings is 1. The molecule has 7 nitrogen and oxygen atoms in total. The monoisotopic (exact) mass is 522 g/mol. The van der Waals surface area contributed by atoms with Gasteiger partial charge in [0.25, 0.3) is 0 Å². The summed E-state index contributed by atoms with van der Waals surface area (Å²) in [5.74, 6) is 4.05. The average Bonchev–Trinajstić information content (AvgIpc) is 2.93. The molecule has 3 fully saturated rings. The van der Waals surface area contributed by atoms with E-state index >= 15 is 0 Å². The first-order valence-corrected chi connectivity index (χ1v) is 14.5. The number of ether oxygens (including phenoxy) is 1. The van der Waals surface area contributed by atoms with Crippen molar-refractivity contribution in [1.29, 1.82) is 0 Å². The fourth-order valence-corrected chi connectivity index (χ4v) is 6.12. The Morgan fingerprint density at radius 3 is 2.38 bits per heavy atom. The van der Waals surface area contributed by atoms with Gasteiger partial charge in [0.05, 0.1) is 0 Å². The van der Waals surface area contributed by atoms with Gasteiger partial charge in [0.2, 0.25) is 5.95 Å². The predicted molar refractivity (Wildman–Crippen MR) is 156 cm³/mol. The summed E-state index contributed by atoms with van der Waals surface area (Å²) in [7, 11) is 0. The third kappa shape index (κ3) is 6.52. The van der Waals surface area contributed by atoms with Crippen LogP contribution in [0.2, 0.25) is 0 Å². The summed E-state index contributed by atoms with van der Waals surface area (Å²) in [6, 6.07) is 12.9. The summed E-state index contributed by atoms with van der Waals surface area (Å²) in [5.41, 5.74) is 1.35. The van der Waals surface area contributed by atoms with Gasteiger partial charge in [-0.3, -0.25) is 0 Å². The zero-order valence-electron chi connectivity index (χ0n) is 22.4.